The Kier molecular flexibility index (Phi) is 3.34. The first-order valence-electron chi connectivity index (χ1n) is 5.61. The van der Waals surface area contributed by atoms with Gasteiger partial charge in [-0.15, -0.1) is 0 Å². The SMILES string of the molecule is CN1CCC(C=O)CC1c1ccc(F)cc1. The van der Waals surface area contributed by atoms with E-state index in [9.17, 15) is 9.18 Å². The monoisotopic (exact) mass is 221 g/mol. The highest BCUT2D eigenvalue weighted by Crippen LogP contribution is 2.32. The number of piperidine rings is 1. The lowest BCUT2D eigenvalue weighted by molar-refractivity contribution is -0.112. The third kappa shape index (κ3) is 2.30. The van der Waals surface area contributed by atoms with Crippen molar-refractivity contribution in [3.63, 3.8) is 0 Å². The smallest absolute Gasteiger partial charge is 0.123 e. The van der Waals surface area contributed by atoms with Gasteiger partial charge in [-0.25, -0.2) is 4.39 Å². The van der Waals surface area contributed by atoms with Crippen LogP contribution in [0, 0.1) is 11.7 Å². The second-order valence-electron chi connectivity index (χ2n) is 4.47. The van der Waals surface area contributed by atoms with Crippen LogP contribution >= 0.6 is 0 Å². The predicted molar refractivity (Wildman–Crippen MR) is 60.6 cm³/mol. The van der Waals surface area contributed by atoms with Gasteiger partial charge in [0.1, 0.15) is 12.1 Å². The van der Waals surface area contributed by atoms with Gasteiger partial charge in [0.05, 0.1) is 0 Å². The number of carbonyl (C=O) groups is 1. The maximum absolute atomic E-state index is 12.8. The average Bonchev–Trinajstić information content (AvgIpc) is 2.31. The largest absolute Gasteiger partial charge is 0.303 e. The molecule has 1 heterocycles. The zero-order chi connectivity index (χ0) is 11.5. The first-order valence-corrected chi connectivity index (χ1v) is 5.61. The fraction of sp³-hybridized carbons (Fsp3) is 0.462. The van der Waals surface area contributed by atoms with Crippen LogP contribution in [0.2, 0.25) is 0 Å². The molecule has 3 heteroatoms. The Balaban J connectivity index is 2.17. The Morgan fingerprint density at radius 2 is 2.06 bits per heavy atom. The van der Waals surface area contributed by atoms with Gasteiger partial charge < -0.3 is 4.79 Å². The molecule has 0 N–H and O–H groups in total. The number of hydrogen-bond donors (Lipinski definition) is 0. The number of hydrogen-bond acceptors (Lipinski definition) is 2. The molecule has 1 saturated heterocycles. The molecule has 0 aliphatic carbocycles. The fourth-order valence-electron chi connectivity index (χ4n) is 2.31. The first-order chi connectivity index (χ1) is 7.70. The summed E-state index contributed by atoms with van der Waals surface area (Å²) in [5, 5.41) is 0. The van der Waals surface area contributed by atoms with Crippen molar-refractivity contribution < 1.29 is 9.18 Å². The Hall–Kier alpha value is -1.22. The van der Waals surface area contributed by atoms with Gasteiger partial charge in [-0.2, -0.15) is 0 Å². The Labute approximate surface area is 95.1 Å². The Bertz CT molecular complexity index is 363. The van der Waals surface area contributed by atoms with Crippen LogP contribution in [-0.4, -0.2) is 24.8 Å². The summed E-state index contributed by atoms with van der Waals surface area (Å²) in [4.78, 5) is 13.0. The van der Waals surface area contributed by atoms with Crippen molar-refractivity contribution in [2.45, 2.75) is 18.9 Å². The molecule has 2 atom stereocenters. The van der Waals surface area contributed by atoms with E-state index in [0.29, 0.717) is 0 Å². The molecule has 1 fully saturated rings. The number of aldehydes is 1. The summed E-state index contributed by atoms with van der Waals surface area (Å²) in [5.41, 5.74) is 1.09. The number of rotatable bonds is 2. The molecule has 1 aliphatic rings. The Morgan fingerprint density at radius 3 is 2.69 bits per heavy atom. The van der Waals surface area contributed by atoms with Crippen LogP contribution in [-0.2, 0) is 4.79 Å². The molecule has 1 aromatic carbocycles. The lowest BCUT2D eigenvalue weighted by Gasteiger charge is -2.35. The van der Waals surface area contributed by atoms with Gasteiger partial charge in [-0.05, 0) is 44.1 Å². The van der Waals surface area contributed by atoms with Crippen molar-refractivity contribution in [3.8, 4) is 0 Å². The second kappa shape index (κ2) is 4.74. The summed E-state index contributed by atoms with van der Waals surface area (Å²) < 4.78 is 12.8. The number of carbonyl (C=O) groups excluding carboxylic acids is 1. The molecule has 0 bridgehead atoms. The van der Waals surface area contributed by atoms with Crippen LogP contribution in [0.25, 0.3) is 0 Å². The van der Waals surface area contributed by atoms with Crippen LogP contribution < -0.4 is 0 Å². The van der Waals surface area contributed by atoms with E-state index < -0.39 is 0 Å². The second-order valence-corrected chi connectivity index (χ2v) is 4.47. The first kappa shape index (κ1) is 11.3. The molecule has 2 unspecified atom stereocenters. The van der Waals surface area contributed by atoms with Crippen molar-refractivity contribution >= 4 is 6.29 Å². The molecular formula is C13H16FNO. The van der Waals surface area contributed by atoms with Crippen LogP contribution in [0.15, 0.2) is 24.3 Å². The lowest BCUT2D eigenvalue weighted by Crippen LogP contribution is -2.34. The number of halogens is 1. The van der Waals surface area contributed by atoms with E-state index in [1.807, 2.05) is 12.1 Å². The van der Waals surface area contributed by atoms with Gasteiger partial charge in [0.25, 0.3) is 0 Å². The van der Waals surface area contributed by atoms with Gasteiger partial charge in [0.15, 0.2) is 0 Å². The number of likely N-dealkylation sites (tertiary alicyclic amines) is 1. The van der Waals surface area contributed by atoms with E-state index in [4.69, 9.17) is 0 Å². The van der Waals surface area contributed by atoms with E-state index in [1.165, 1.54) is 12.1 Å². The number of nitrogens with zero attached hydrogens (tertiary/aromatic N) is 1. The molecule has 0 aromatic heterocycles. The van der Waals surface area contributed by atoms with Crippen molar-refractivity contribution in [1.82, 2.24) is 4.90 Å². The lowest BCUT2D eigenvalue weighted by atomic mass is 9.88. The summed E-state index contributed by atoms with van der Waals surface area (Å²) in [6.45, 7) is 0.922. The van der Waals surface area contributed by atoms with E-state index >= 15 is 0 Å². The van der Waals surface area contributed by atoms with Crippen LogP contribution in [0.3, 0.4) is 0 Å². The standard InChI is InChI=1S/C13H16FNO/c1-15-7-6-10(9-16)8-13(15)11-2-4-12(14)5-3-11/h2-5,9-10,13H,6-8H2,1H3. The third-order valence-corrected chi connectivity index (χ3v) is 3.36. The summed E-state index contributed by atoms with van der Waals surface area (Å²) in [6.07, 6.45) is 2.81. The van der Waals surface area contributed by atoms with Crippen molar-refractivity contribution in [2.24, 2.45) is 5.92 Å². The third-order valence-electron chi connectivity index (χ3n) is 3.36. The summed E-state index contributed by atoms with van der Waals surface area (Å²) in [6, 6.07) is 6.82. The maximum atomic E-state index is 12.8. The zero-order valence-corrected chi connectivity index (χ0v) is 9.40. The maximum Gasteiger partial charge on any atom is 0.123 e. The summed E-state index contributed by atoms with van der Waals surface area (Å²) in [7, 11) is 2.05. The number of benzene rings is 1. The topological polar surface area (TPSA) is 20.3 Å². The van der Waals surface area contributed by atoms with Gasteiger partial charge in [-0.3, -0.25) is 4.90 Å². The zero-order valence-electron chi connectivity index (χ0n) is 9.40. The molecular weight excluding hydrogens is 205 g/mol. The van der Waals surface area contributed by atoms with Crippen LogP contribution in [0.1, 0.15) is 24.4 Å². The molecule has 1 aromatic rings. The van der Waals surface area contributed by atoms with E-state index in [0.717, 1.165) is 31.2 Å². The Morgan fingerprint density at radius 1 is 1.38 bits per heavy atom. The predicted octanol–water partition coefficient (Wildman–Crippen LogP) is 2.41. The molecule has 2 nitrogen and oxygen atoms in total. The minimum atomic E-state index is -0.214. The van der Waals surface area contributed by atoms with E-state index in [1.54, 1.807) is 0 Å². The molecule has 0 spiro atoms. The van der Waals surface area contributed by atoms with Crippen molar-refractivity contribution in [2.75, 3.05) is 13.6 Å². The van der Waals surface area contributed by atoms with Crippen molar-refractivity contribution in [3.05, 3.63) is 35.6 Å². The van der Waals surface area contributed by atoms with Crippen molar-refractivity contribution in [1.29, 1.82) is 0 Å². The summed E-state index contributed by atoms with van der Waals surface area (Å²) >= 11 is 0. The van der Waals surface area contributed by atoms with E-state index in [-0.39, 0.29) is 17.8 Å². The highest BCUT2D eigenvalue weighted by molar-refractivity contribution is 5.54. The minimum Gasteiger partial charge on any atom is -0.303 e. The van der Waals surface area contributed by atoms with E-state index in [2.05, 4.69) is 11.9 Å². The summed E-state index contributed by atoms with van der Waals surface area (Å²) in [5.74, 6) is -0.0691. The van der Waals surface area contributed by atoms with Crippen LogP contribution in [0.4, 0.5) is 4.39 Å². The molecule has 2 rings (SSSR count). The van der Waals surface area contributed by atoms with Gasteiger partial charge in [-0.1, -0.05) is 12.1 Å². The minimum absolute atomic E-state index is 0.145. The molecule has 86 valence electrons. The van der Waals surface area contributed by atoms with Crippen LogP contribution in [0.5, 0.6) is 0 Å². The molecule has 0 amide bonds. The van der Waals surface area contributed by atoms with Gasteiger partial charge >= 0.3 is 0 Å². The quantitative estimate of drug-likeness (QED) is 0.715. The normalized spacial score (nSPS) is 26.6. The van der Waals surface area contributed by atoms with Gasteiger partial charge in [0, 0.05) is 12.0 Å². The van der Waals surface area contributed by atoms with Gasteiger partial charge in [0.2, 0.25) is 0 Å². The average molecular weight is 221 g/mol. The highest BCUT2D eigenvalue weighted by Gasteiger charge is 2.26. The fourth-order valence-corrected chi connectivity index (χ4v) is 2.31. The molecule has 1 aliphatic heterocycles. The molecule has 16 heavy (non-hydrogen) atoms. The molecule has 0 radical (unpaired) electrons. The molecule has 0 saturated carbocycles. The highest BCUT2D eigenvalue weighted by atomic mass is 19.1.